The van der Waals surface area contributed by atoms with Crippen LogP contribution < -0.4 is 15.8 Å². The Morgan fingerprint density at radius 1 is 1.38 bits per heavy atom. The van der Waals surface area contributed by atoms with Crippen molar-refractivity contribution in [1.82, 2.24) is 4.98 Å². The first-order valence-corrected chi connectivity index (χ1v) is 8.27. The molecule has 1 atom stereocenters. The van der Waals surface area contributed by atoms with Crippen LogP contribution in [0.4, 0.5) is 5.13 Å². The van der Waals surface area contributed by atoms with E-state index in [-0.39, 0.29) is 23.7 Å². The summed E-state index contributed by atoms with van der Waals surface area (Å²) >= 11 is 1.37. The molecule has 2 rings (SSSR count). The van der Waals surface area contributed by atoms with Gasteiger partial charge in [-0.15, -0.1) is 23.7 Å². The summed E-state index contributed by atoms with van der Waals surface area (Å²) in [6.07, 6.45) is 0. The molecule has 0 aliphatic carbocycles. The van der Waals surface area contributed by atoms with Gasteiger partial charge in [0.2, 0.25) is 5.91 Å². The first kappa shape index (κ1) is 20.4. The topological polar surface area (TPSA) is 77.2 Å². The lowest BCUT2D eigenvalue weighted by molar-refractivity contribution is -0.119. The molecule has 24 heavy (non-hydrogen) atoms. The van der Waals surface area contributed by atoms with Gasteiger partial charge in [-0.1, -0.05) is 32.4 Å². The van der Waals surface area contributed by atoms with Gasteiger partial charge in [-0.05, 0) is 24.5 Å². The highest BCUT2D eigenvalue weighted by Crippen LogP contribution is 2.33. The molecule has 0 saturated carbocycles. The minimum absolute atomic E-state index is 0. The van der Waals surface area contributed by atoms with Crippen molar-refractivity contribution in [2.45, 2.75) is 33.7 Å². The second-order valence-electron chi connectivity index (χ2n) is 6.57. The molecule has 0 bridgehead atoms. The van der Waals surface area contributed by atoms with E-state index in [1.807, 2.05) is 51.3 Å². The molecule has 1 heterocycles. The number of halogens is 1. The normalized spacial score (nSPS) is 12.2. The fourth-order valence-corrected chi connectivity index (χ4v) is 2.77. The number of aromatic nitrogens is 1. The maximum Gasteiger partial charge on any atom is 0.243 e. The van der Waals surface area contributed by atoms with Crippen LogP contribution in [-0.2, 0) is 4.79 Å². The molecule has 0 spiro atoms. The molecule has 2 aromatic rings. The predicted molar refractivity (Wildman–Crippen MR) is 102 cm³/mol. The highest BCUT2D eigenvalue weighted by molar-refractivity contribution is 7.14. The summed E-state index contributed by atoms with van der Waals surface area (Å²) in [6.45, 7) is 7.81. The summed E-state index contributed by atoms with van der Waals surface area (Å²) in [5.74, 6) is 0.528. The number of ether oxygens (including phenoxy) is 1. The summed E-state index contributed by atoms with van der Waals surface area (Å²) < 4.78 is 5.39. The first-order valence-electron chi connectivity index (χ1n) is 7.39. The molecule has 1 aromatic heterocycles. The van der Waals surface area contributed by atoms with Gasteiger partial charge >= 0.3 is 0 Å². The molecule has 0 aliphatic heterocycles. The van der Waals surface area contributed by atoms with Crippen LogP contribution >= 0.6 is 23.7 Å². The number of carbonyl (C=O) groups is 1. The zero-order chi connectivity index (χ0) is 17.2. The maximum atomic E-state index is 12.2. The highest BCUT2D eigenvalue weighted by Gasteiger charge is 2.28. The first-order chi connectivity index (χ1) is 10.7. The Morgan fingerprint density at radius 2 is 2.04 bits per heavy atom. The Labute approximate surface area is 153 Å². The second kappa shape index (κ2) is 7.96. The van der Waals surface area contributed by atoms with Gasteiger partial charge in [0.05, 0.1) is 18.8 Å². The van der Waals surface area contributed by atoms with E-state index in [2.05, 4.69) is 10.3 Å². The highest BCUT2D eigenvalue weighted by atomic mass is 35.5. The molecule has 0 aliphatic rings. The molecular weight excluding hydrogens is 346 g/mol. The Morgan fingerprint density at radius 3 is 2.62 bits per heavy atom. The molecule has 0 unspecified atom stereocenters. The predicted octanol–water partition coefficient (Wildman–Crippen LogP) is 3.86. The van der Waals surface area contributed by atoms with Gasteiger partial charge in [-0.2, -0.15) is 0 Å². The minimum Gasteiger partial charge on any atom is -0.496 e. The third-order valence-electron chi connectivity index (χ3n) is 3.58. The number of nitrogens with zero attached hydrogens (tertiary/aromatic N) is 1. The van der Waals surface area contributed by atoms with E-state index in [0.29, 0.717) is 5.13 Å². The van der Waals surface area contributed by atoms with Gasteiger partial charge in [-0.3, -0.25) is 4.79 Å². The van der Waals surface area contributed by atoms with E-state index >= 15 is 0 Å². The molecule has 1 aromatic carbocycles. The summed E-state index contributed by atoms with van der Waals surface area (Å²) in [4.78, 5) is 16.7. The molecule has 132 valence electrons. The fraction of sp³-hybridized carbons (Fsp3) is 0.412. The zero-order valence-electron chi connectivity index (χ0n) is 14.5. The van der Waals surface area contributed by atoms with Crippen molar-refractivity contribution in [3.05, 3.63) is 29.1 Å². The third kappa shape index (κ3) is 4.69. The average molecular weight is 370 g/mol. The molecule has 0 radical (unpaired) electrons. The van der Waals surface area contributed by atoms with E-state index in [1.165, 1.54) is 11.3 Å². The van der Waals surface area contributed by atoms with Crippen molar-refractivity contribution in [3.63, 3.8) is 0 Å². The van der Waals surface area contributed by atoms with Crippen LogP contribution in [0, 0.1) is 12.3 Å². The number of nitrogens with one attached hydrogen (secondary N) is 1. The lowest BCUT2D eigenvalue weighted by atomic mass is 9.87. The Hall–Kier alpha value is -1.63. The minimum atomic E-state index is -0.594. The Balaban J connectivity index is 0.00000288. The zero-order valence-corrected chi connectivity index (χ0v) is 16.2. The molecule has 5 nitrogen and oxygen atoms in total. The smallest absolute Gasteiger partial charge is 0.243 e. The lowest BCUT2D eigenvalue weighted by Gasteiger charge is -2.25. The molecule has 7 heteroatoms. The summed E-state index contributed by atoms with van der Waals surface area (Å²) in [5, 5.41) is 5.23. The largest absolute Gasteiger partial charge is 0.496 e. The number of hydrogen-bond acceptors (Lipinski definition) is 5. The lowest BCUT2D eigenvalue weighted by Crippen LogP contribution is -2.45. The van der Waals surface area contributed by atoms with Gasteiger partial charge < -0.3 is 15.8 Å². The van der Waals surface area contributed by atoms with E-state index in [4.69, 9.17) is 10.5 Å². The monoisotopic (exact) mass is 369 g/mol. The number of amides is 1. The van der Waals surface area contributed by atoms with Crippen LogP contribution in [0.25, 0.3) is 11.3 Å². The van der Waals surface area contributed by atoms with Gasteiger partial charge in [0.15, 0.2) is 5.13 Å². The molecule has 0 saturated heterocycles. The van der Waals surface area contributed by atoms with Crippen molar-refractivity contribution in [3.8, 4) is 17.0 Å². The maximum absolute atomic E-state index is 12.2. The molecule has 0 fully saturated rings. The van der Waals surface area contributed by atoms with Crippen molar-refractivity contribution in [2.75, 3.05) is 12.4 Å². The van der Waals surface area contributed by atoms with Gasteiger partial charge in [-0.25, -0.2) is 4.98 Å². The number of anilines is 1. The molecular formula is C17H24ClN3O2S. The Bertz CT molecular complexity index is 710. The number of nitrogens with two attached hydrogens (primary N) is 1. The van der Waals surface area contributed by atoms with Gasteiger partial charge in [0.25, 0.3) is 0 Å². The van der Waals surface area contributed by atoms with Crippen molar-refractivity contribution < 1.29 is 9.53 Å². The number of methoxy groups -OCH3 is 1. The van der Waals surface area contributed by atoms with Crippen LogP contribution in [0.5, 0.6) is 5.75 Å². The van der Waals surface area contributed by atoms with Crippen molar-refractivity contribution >= 4 is 34.8 Å². The fourth-order valence-electron chi connectivity index (χ4n) is 2.05. The van der Waals surface area contributed by atoms with Crippen LogP contribution in [0.2, 0.25) is 0 Å². The summed E-state index contributed by atoms with van der Waals surface area (Å²) in [5.41, 5.74) is 8.47. The van der Waals surface area contributed by atoms with Crippen LogP contribution in [-0.4, -0.2) is 24.0 Å². The number of aryl methyl sites for hydroxylation is 1. The molecule has 3 N–H and O–H groups in total. The number of hydrogen-bond donors (Lipinski definition) is 2. The van der Waals surface area contributed by atoms with Crippen LogP contribution in [0.3, 0.4) is 0 Å². The van der Waals surface area contributed by atoms with Crippen molar-refractivity contribution in [1.29, 1.82) is 0 Å². The Kier molecular flexibility index (Phi) is 6.77. The molecule has 1 amide bonds. The quantitative estimate of drug-likeness (QED) is 0.857. The van der Waals surface area contributed by atoms with Crippen molar-refractivity contribution in [2.24, 2.45) is 11.1 Å². The van der Waals surface area contributed by atoms with E-state index in [9.17, 15) is 4.79 Å². The number of thiazole rings is 1. The summed E-state index contributed by atoms with van der Waals surface area (Å²) in [7, 11) is 1.63. The van der Waals surface area contributed by atoms with E-state index < -0.39 is 6.04 Å². The average Bonchev–Trinajstić information content (AvgIpc) is 2.93. The van der Waals surface area contributed by atoms with Crippen LogP contribution in [0.1, 0.15) is 26.3 Å². The number of rotatable bonds is 4. The summed E-state index contributed by atoms with van der Waals surface area (Å²) in [6, 6.07) is 5.32. The SMILES string of the molecule is COc1ccc(C)cc1-c1csc(NC(=O)[C@@H](N)C(C)(C)C)n1.Cl. The van der Waals surface area contributed by atoms with Gasteiger partial charge in [0, 0.05) is 10.9 Å². The second-order valence-corrected chi connectivity index (χ2v) is 7.43. The van der Waals surface area contributed by atoms with E-state index in [1.54, 1.807) is 7.11 Å². The van der Waals surface area contributed by atoms with Crippen LogP contribution in [0.15, 0.2) is 23.6 Å². The number of benzene rings is 1. The number of carbonyl (C=O) groups excluding carboxylic acids is 1. The third-order valence-corrected chi connectivity index (χ3v) is 4.34. The standard InChI is InChI=1S/C17H23N3O2S.ClH/c1-10-6-7-13(22-5)11(8-10)12-9-23-16(19-12)20-15(21)14(18)17(2,3)4;/h6-9,14H,18H2,1-5H3,(H,19,20,21);1H/t14-;/m1./s1. The van der Waals surface area contributed by atoms with Gasteiger partial charge in [0.1, 0.15) is 5.75 Å². The van der Waals surface area contributed by atoms with E-state index in [0.717, 1.165) is 22.6 Å².